The third kappa shape index (κ3) is 5.62. The number of rotatable bonds is 8. The number of morpholine rings is 1. The van der Waals surface area contributed by atoms with Crippen molar-refractivity contribution in [2.24, 2.45) is 50.6 Å². The molecule has 2 saturated heterocycles. The van der Waals surface area contributed by atoms with Crippen molar-refractivity contribution in [2.45, 2.75) is 130 Å². The minimum absolute atomic E-state index is 0.0313. The Labute approximate surface area is 302 Å². The van der Waals surface area contributed by atoms with Crippen molar-refractivity contribution >= 4 is 11.8 Å². The van der Waals surface area contributed by atoms with Crippen LogP contribution in [0.5, 0.6) is 0 Å². The fourth-order valence-corrected chi connectivity index (χ4v) is 14.0. The molecule has 0 radical (unpaired) electrons. The van der Waals surface area contributed by atoms with Crippen LogP contribution in [0.1, 0.15) is 104 Å². The summed E-state index contributed by atoms with van der Waals surface area (Å²) in [6.45, 7) is 14.3. The zero-order valence-electron chi connectivity index (χ0n) is 31.4. The van der Waals surface area contributed by atoms with E-state index >= 15 is 0 Å². The van der Waals surface area contributed by atoms with Crippen LogP contribution in [0.15, 0.2) is 18.2 Å². The second-order valence-corrected chi connectivity index (χ2v) is 18.9. The number of nitrogens with two attached hydrogens (primary N) is 1. The van der Waals surface area contributed by atoms with Gasteiger partial charge in [0, 0.05) is 32.6 Å². The summed E-state index contributed by atoms with van der Waals surface area (Å²) in [6, 6.07) is 3.48. The lowest BCUT2D eigenvalue weighted by atomic mass is 9.42. The van der Waals surface area contributed by atoms with Crippen molar-refractivity contribution in [3.8, 4) is 0 Å². The Kier molecular flexibility index (Phi) is 8.76. The summed E-state index contributed by atoms with van der Waals surface area (Å²) < 4.78 is 47.7. The number of carbonyl (C=O) groups is 2. The summed E-state index contributed by atoms with van der Waals surface area (Å²) in [4.78, 5) is 28.0. The maximum Gasteiger partial charge on any atom is 0.231 e. The van der Waals surface area contributed by atoms with Gasteiger partial charge in [0.15, 0.2) is 6.29 Å². The first-order valence-corrected chi connectivity index (χ1v) is 19.7. The summed E-state index contributed by atoms with van der Waals surface area (Å²) in [5, 5.41) is 0. The van der Waals surface area contributed by atoms with Gasteiger partial charge in [-0.1, -0.05) is 27.7 Å². The minimum Gasteiger partial charge on any atom is -0.373 e. The number of fused-ring (bicyclic) bond motifs is 4. The molecule has 0 aromatic heterocycles. The summed E-state index contributed by atoms with van der Waals surface area (Å²) in [5.41, 5.74) is 7.17. The van der Waals surface area contributed by atoms with Gasteiger partial charge in [0.2, 0.25) is 11.8 Å². The Bertz CT molecular complexity index is 1540. The molecular formula is C41H59F2N3O5. The zero-order valence-corrected chi connectivity index (χ0v) is 31.4. The smallest absolute Gasteiger partial charge is 0.231 e. The lowest BCUT2D eigenvalue weighted by Crippen LogP contribution is -2.58. The predicted molar refractivity (Wildman–Crippen MR) is 188 cm³/mol. The summed E-state index contributed by atoms with van der Waals surface area (Å²) in [7, 11) is 0. The number of benzene rings is 1. The summed E-state index contributed by atoms with van der Waals surface area (Å²) in [6.07, 6.45) is 11.6. The van der Waals surface area contributed by atoms with E-state index in [1.807, 2.05) is 4.90 Å². The largest absolute Gasteiger partial charge is 0.373 e. The van der Waals surface area contributed by atoms with Crippen LogP contribution in [0.2, 0.25) is 0 Å². The molecule has 7 unspecified atom stereocenters. The van der Waals surface area contributed by atoms with Crippen LogP contribution < -0.4 is 5.73 Å². The van der Waals surface area contributed by atoms with Crippen LogP contribution in [0.3, 0.4) is 0 Å². The fourth-order valence-electron chi connectivity index (χ4n) is 14.0. The van der Waals surface area contributed by atoms with Gasteiger partial charge < -0.3 is 24.8 Å². The van der Waals surface area contributed by atoms with Gasteiger partial charge in [-0.15, -0.1) is 0 Å². The number of carbonyl (C=O) groups excluding carboxylic acids is 2. The molecule has 2 heterocycles. The highest BCUT2D eigenvalue weighted by atomic mass is 19.1. The Morgan fingerprint density at radius 2 is 1.69 bits per heavy atom. The first-order chi connectivity index (χ1) is 24.1. The molecule has 8 nitrogen and oxygen atoms in total. The fraction of sp³-hybridized carbons (Fsp3) is 0.805. The van der Waals surface area contributed by atoms with Gasteiger partial charge in [-0.2, -0.15) is 0 Å². The van der Waals surface area contributed by atoms with Gasteiger partial charge in [0.05, 0.1) is 38.0 Å². The van der Waals surface area contributed by atoms with Crippen LogP contribution in [0.4, 0.5) is 8.78 Å². The topological polar surface area (TPSA) is 94.3 Å². The number of primary amides is 1. The molecule has 282 valence electrons. The molecule has 5 aliphatic carbocycles. The molecule has 8 rings (SSSR count). The second kappa shape index (κ2) is 12.5. The molecular weight excluding hydrogens is 652 g/mol. The van der Waals surface area contributed by atoms with Gasteiger partial charge >= 0.3 is 0 Å². The van der Waals surface area contributed by atoms with Crippen LogP contribution in [-0.2, 0) is 30.3 Å². The Morgan fingerprint density at radius 1 is 0.961 bits per heavy atom. The van der Waals surface area contributed by atoms with E-state index < -0.39 is 11.6 Å². The third-order valence-corrected chi connectivity index (χ3v) is 16.4. The van der Waals surface area contributed by atoms with Gasteiger partial charge in [-0.05, 0) is 127 Å². The average molecular weight is 712 g/mol. The van der Waals surface area contributed by atoms with Crippen molar-refractivity contribution in [3.05, 3.63) is 35.4 Å². The Morgan fingerprint density at radius 3 is 2.41 bits per heavy atom. The number of nitrogens with zero attached hydrogens (tertiary/aromatic N) is 2. The van der Waals surface area contributed by atoms with Crippen molar-refractivity contribution in [1.29, 1.82) is 0 Å². The maximum absolute atomic E-state index is 13.9. The molecule has 7 aliphatic rings. The quantitative estimate of drug-likeness (QED) is 0.334. The van der Waals surface area contributed by atoms with E-state index in [1.54, 1.807) is 4.90 Å². The molecule has 0 bridgehead atoms. The number of halogens is 2. The van der Waals surface area contributed by atoms with Crippen molar-refractivity contribution in [3.63, 3.8) is 0 Å². The molecule has 2 spiro atoms. The highest BCUT2D eigenvalue weighted by Crippen LogP contribution is 2.89. The van der Waals surface area contributed by atoms with Crippen LogP contribution in [-0.4, -0.2) is 79.0 Å². The highest BCUT2D eigenvalue weighted by Gasteiger charge is 2.83. The maximum atomic E-state index is 13.9. The van der Waals surface area contributed by atoms with Crippen LogP contribution >= 0.6 is 0 Å². The van der Waals surface area contributed by atoms with Gasteiger partial charge in [0.1, 0.15) is 11.6 Å². The van der Waals surface area contributed by atoms with E-state index in [0.29, 0.717) is 60.4 Å². The highest BCUT2D eigenvalue weighted by molar-refractivity contribution is 5.76. The standard InChI is InChI=1S/C41H59F2N3O5/c1-25(47)46(20-26-16-27(42)18-28(43)17-26)21-29-6-7-30-31(50-29)19-39(5)33-9-8-32-37(2,3)34(51-36-23-45(14-15-49-36)22-35(44)48)10-11-40(32)24-41(33,40)13-12-38(30,39)4/h16-18,29-34,36H,6-15,19-24H2,1-5H3,(H2,44,48)/t29?,30?,31?,32-,33?,34-,36?,38?,39-,40?,41-/m0/s1. The second-order valence-electron chi connectivity index (χ2n) is 18.9. The van der Waals surface area contributed by atoms with E-state index in [1.165, 1.54) is 57.6 Å². The van der Waals surface area contributed by atoms with E-state index in [2.05, 4.69) is 27.7 Å². The number of amides is 2. The van der Waals surface area contributed by atoms with Crippen LogP contribution in [0, 0.1) is 56.5 Å². The molecule has 11 atom stereocenters. The van der Waals surface area contributed by atoms with E-state index in [4.69, 9.17) is 19.9 Å². The van der Waals surface area contributed by atoms with Gasteiger partial charge in [-0.25, -0.2) is 8.78 Å². The van der Waals surface area contributed by atoms with Crippen molar-refractivity contribution in [1.82, 2.24) is 9.80 Å². The molecule has 5 saturated carbocycles. The zero-order chi connectivity index (χ0) is 36.1. The van der Waals surface area contributed by atoms with E-state index in [-0.39, 0.29) is 65.8 Å². The molecule has 7 fully saturated rings. The normalized spacial score (nSPS) is 43.9. The molecule has 2 amide bonds. The monoisotopic (exact) mass is 711 g/mol. The van der Waals surface area contributed by atoms with Crippen LogP contribution in [0.25, 0.3) is 0 Å². The molecule has 2 aliphatic heterocycles. The summed E-state index contributed by atoms with van der Waals surface area (Å²) in [5.74, 6) is 0.135. The van der Waals surface area contributed by atoms with Crippen molar-refractivity contribution in [2.75, 3.05) is 32.8 Å². The summed E-state index contributed by atoms with van der Waals surface area (Å²) >= 11 is 0. The molecule has 1 aromatic rings. The number of hydrogen-bond acceptors (Lipinski definition) is 6. The average Bonchev–Trinajstić information content (AvgIpc) is 3.65. The lowest BCUT2D eigenvalue weighted by Gasteiger charge is -2.63. The lowest BCUT2D eigenvalue weighted by molar-refractivity contribution is -0.246. The predicted octanol–water partition coefficient (Wildman–Crippen LogP) is 6.44. The third-order valence-electron chi connectivity index (χ3n) is 16.4. The molecule has 2 N–H and O–H groups in total. The number of hydrogen-bond donors (Lipinski definition) is 1. The number of ether oxygens (including phenoxy) is 3. The van der Waals surface area contributed by atoms with E-state index in [0.717, 1.165) is 31.7 Å². The first kappa shape index (κ1) is 35.9. The molecule has 10 heteroatoms. The molecule has 51 heavy (non-hydrogen) atoms. The van der Waals surface area contributed by atoms with Crippen molar-refractivity contribution < 1.29 is 32.6 Å². The SMILES string of the molecule is CC(=O)N(Cc1cc(F)cc(F)c1)CC1CCC2C(C[C@@]3(C)C4CC[C@H]5C(C)(C)[C@@H](OC6CN(CC(N)=O)CCO6)CCC56C[C@@]46CCC23C)O1. The Balaban J connectivity index is 0.953. The van der Waals surface area contributed by atoms with Gasteiger partial charge in [0.25, 0.3) is 0 Å². The minimum atomic E-state index is -0.627. The first-order valence-electron chi connectivity index (χ1n) is 19.7. The Hall–Kier alpha value is -2.14. The van der Waals surface area contributed by atoms with E-state index in [9.17, 15) is 18.4 Å². The molecule has 1 aromatic carbocycles. The van der Waals surface area contributed by atoms with Gasteiger partial charge in [-0.3, -0.25) is 14.5 Å².